The molecule has 2 aliphatic heterocycles. The molecular formula is C34H42N4O7. The first-order chi connectivity index (χ1) is 21.4. The molecule has 0 bridgehead atoms. The van der Waals surface area contributed by atoms with Crippen LogP contribution in [0.4, 0.5) is 4.79 Å². The lowest BCUT2D eigenvalue weighted by Crippen LogP contribution is -2.56. The predicted molar refractivity (Wildman–Crippen MR) is 167 cm³/mol. The first-order valence-corrected chi connectivity index (χ1v) is 15.7. The van der Waals surface area contributed by atoms with Gasteiger partial charge < -0.3 is 30.7 Å². The lowest BCUT2D eigenvalue weighted by molar-refractivity contribution is -0.145. The minimum atomic E-state index is -1.44. The van der Waals surface area contributed by atoms with E-state index in [-0.39, 0.29) is 31.2 Å². The van der Waals surface area contributed by atoms with Gasteiger partial charge in [0.1, 0.15) is 23.2 Å². The van der Waals surface area contributed by atoms with Gasteiger partial charge in [0.05, 0.1) is 0 Å². The minimum Gasteiger partial charge on any atom is -0.479 e. The van der Waals surface area contributed by atoms with Crippen LogP contribution in [0.5, 0.6) is 0 Å². The monoisotopic (exact) mass is 618 g/mol. The molecule has 0 unspecified atom stereocenters. The Bertz CT molecular complexity index is 1520. The number of ether oxygens (including phenoxy) is 1. The first kappa shape index (κ1) is 32.0. The van der Waals surface area contributed by atoms with Crippen LogP contribution in [0.1, 0.15) is 76.1 Å². The second-order valence-electron chi connectivity index (χ2n) is 13.3. The van der Waals surface area contributed by atoms with E-state index in [1.54, 1.807) is 32.9 Å². The third-order valence-electron chi connectivity index (χ3n) is 8.70. The van der Waals surface area contributed by atoms with Gasteiger partial charge in [-0.25, -0.2) is 9.59 Å². The number of carbonyl (C=O) groups excluding carboxylic acids is 4. The van der Waals surface area contributed by atoms with Crippen molar-refractivity contribution in [3.8, 4) is 0 Å². The van der Waals surface area contributed by atoms with E-state index in [0.717, 1.165) is 30.0 Å². The maximum Gasteiger partial charge on any atom is 0.408 e. The maximum atomic E-state index is 14.1. The topological polar surface area (TPSA) is 154 Å². The third-order valence-corrected chi connectivity index (χ3v) is 8.70. The fourth-order valence-electron chi connectivity index (χ4n) is 6.25. The third kappa shape index (κ3) is 7.46. The summed E-state index contributed by atoms with van der Waals surface area (Å²) in [5.74, 6) is -2.90. The van der Waals surface area contributed by atoms with Gasteiger partial charge in [-0.2, -0.15) is 0 Å². The molecule has 45 heavy (non-hydrogen) atoms. The van der Waals surface area contributed by atoms with Crippen molar-refractivity contribution in [1.82, 2.24) is 20.9 Å². The van der Waals surface area contributed by atoms with Crippen LogP contribution in [0.15, 0.2) is 54.6 Å². The zero-order chi connectivity index (χ0) is 32.4. The highest BCUT2D eigenvalue weighted by Crippen LogP contribution is 2.45. The fraction of sp³-hybridized carbons (Fsp3) is 0.500. The molecule has 240 valence electrons. The Morgan fingerprint density at radius 2 is 1.78 bits per heavy atom. The lowest BCUT2D eigenvalue weighted by Gasteiger charge is -2.30. The quantitative estimate of drug-likeness (QED) is 0.379. The Morgan fingerprint density at radius 1 is 1.02 bits per heavy atom. The van der Waals surface area contributed by atoms with Crippen LogP contribution >= 0.6 is 0 Å². The van der Waals surface area contributed by atoms with Crippen LogP contribution in [0, 0.1) is 5.92 Å². The van der Waals surface area contributed by atoms with Crippen LogP contribution in [0.3, 0.4) is 0 Å². The van der Waals surface area contributed by atoms with Crippen molar-refractivity contribution < 1.29 is 33.8 Å². The number of alkyl carbamates (subject to hydrolysis) is 1. The highest BCUT2D eigenvalue weighted by atomic mass is 16.6. The van der Waals surface area contributed by atoms with Gasteiger partial charge in [-0.1, -0.05) is 55.3 Å². The molecule has 1 saturated heterocycles. The van der Waals surface area contributed by atoms with Gasteiger partial charge in [0.2, 0.25) is 11.8 Å². The van der Waals surface area contributed by atoms with Crippen LogP contribution in [0.25, 0.3) is 10.8 Å². The van der Waals surface area contributed by atoms with Crippen LogP contribution in [0.2, 0.25) is 0 Å². The van der Waals surface area contributed by atoms with Gasteiger partial charge in [0.15, 0.2) is 0 Å². The molecule has 2 fully saturated rings. The molecule has 5 atom stereocenters. The van der Waals surface area contributed by atoms with Crippen molar-refractivity contribution in [3.63, 3.8) is 0 Å². The molecule has 11 nitrogen and oxygen atoms in total. The molecule has 2 aromatic rings. The Hall–Kier alpha value is -4.41. The van der Waals surface area contributed by atoms with Gasteiger partial charge in [0, 0.05) is 24.1 Å². The predicted octanol–water partition coefficient (Wildman–Crippen LogP) is 3.91. The van der Waals surface area contributed by atoms with Crippen LogP contribution < -0.4 is 16.0 Å². The smallest absolute Gasteiger partial charge is 0.408 e. The molecule has 4 N–H and O–H groups in total. The van der Waals surface area contributed by atoms with Gasteiger partial charge in [-0.15, -0.1) is 0 Å². The number of hydrogen-bond donors (Lipinski definition) is 4. The summed E-state index contributed by atoms with van der Waals surface area (Å²) in [7, 11) is 0. The number of rotatable bonds is 4. The van der Waals surface area contributed by atoms with Gasteiger partial charge in [-0.05, 0) is 75.8 Å². The molecule has 1 saturated carbocycles. The van der Waals surface area contributed by atoms with Crippen molar-refractivity contribution in [3.05, 3.63) is 60.2 Å². The standard InChI is InChI=1S/C34H42N4O7/c1-33(2,3)45-32(44)36-26-14-8-6-4-5-7-13-24-19-34(24,31(42)43)37-29(40)27-18-25(20-38(27)30(26)41)35-28(39)23-16-15-21-11-9-10-12-22(21)17-23/h7,9-13,15-17,24-27H,4-6,8,14,18-20H2,1-3H3,(H,35,39)(H,36,44)(H,37,40)(H,42,43)/b13-7-/t24-,25-,26+,27+,34-/m1/s1. The summed E-state index contributed by atoms with van der Waals surface area (Å²) in [4.78, 5) is 67.6. The molecule has 1 aliphatic carbocycles. The van der Waals surface area contributed by atoms with Crippen LogP contribution in [-0.2, 0) is 19.1 Å². The number of hydrogen-bond acceptors (Lipinski definition) is 6. The molecule has 2 heterocycles. The van der Waals surface area contributed by atoms with Gasteiger partial charge in [0.25, 0.3) is 5.91 Å². The number of allylic oxidation sites excluding steroid dienone is 1. The number of fused-ring (bicyclic) bond motifs is 3. The van der Waals surface area contributed by atoms with Gasteiger partial charge in [-0.3, -0.25) is 14.4 Å². The van der Waals surface area contributed by atoms with E-state index >= 15 is 0 Å². The summed E-state index contributed by atoms with van der Waals surface area (Å²) in [6, 6.07) is 10.5. The average molecular weight is 619 g/mol. The molecule has 11 heteroatoms. The molecule has 0 aromatic heterocycles. The molecule has 4 amide bonds. The van der Waals surface area contributed by atoms with E-state index in [0.29, 0.717) is 18.4 Å². The summed E-state index contributed by atoms with van der Waals surface area (Å²) in [6.45, 7) is 5.20. The van der Waals surface area contributed by atoms with Crippen molar-refractivity contribution in [2.75, 3.05) is 6.54 Å². The summed E-state index contributed by atoms with van der Waals surface area (Å²) in [5.41, 5.74) is -1.78. The van der Waals surface area contributed by atoms with E-state index in [9.17, 15) is 29.1 Å². The highest BCUT2D eigenvalue weighted by Gasteiger charge is 2.61. The molecule has 2 aromatic carbocycles. The van der Waals surface area contributed by atoms with Crippen LogP contribution in [-0.4, -0.2) is 75.6 Å². The number of carbonyl (C=O) groups is 5. The number of aliphatic carboxylic acids is 1. The normalized spacial score (nSPS) is 28.0. The first-order valence-electron chi connectivity index (χ1n) is 15.7. The van der Waals surface area contributed by atoms with E-state index < -0.39 is 53.1 Å². The van der Waals surface area contributed by atoms with E-state index in [4.69, 9.17) is 4.74 Å². The summed E-state index contributed by atoms with van der Waals surface area (Å²) in [5, 5.41) is 20.4. The second-order valence-corrected chi connectivity index (χ2v) is 13.3. The highest BCUT2D eigenvalue weighted by molar-refractivity contribution is 5.99. The van der Waals surface area contributed by atoms with Crippen molar-refractivity contribution in [1.29, 1.82) is 0 Å². The number of carboxylic acid groups (broad SMARTS) is 1. The summed E-state index contributed by atoms with van der Waals surface area (Å²) < 4.78 is 5.43. The molecule has 5 rings (SSSR count). The number of benzene rings is 2. The molecule has 0 radical (unpaired) electrons. The van der Waals surface area contributed by atoms with E-state index in [2.05, 4.69) is 16.0 Å². The number of amides is 4. The largest absolute Gasteiger partial charge is 0.479 e. The Labute approximate surface area is 262 Å². The van der Waals surface area contributed by atoms with Crippen molar-refractivity contribution >= 4 is 40.6 Å². The van der Waals surface area contributed by atoms with Crippen molar-refractivity contribution in [2.45, 2.75) is 95.0 Å². The SMILES string of the molecule is CC(C)(C)OC(=O)N[C@H]1CCCCC/C=C\[C@@H]2C[C@@]2(C(=O)O)NC(=O)[C@@H]2C[C@@H](NC(=O)c3ccc4ccccc4c3)CN2C1=O. The number of nitrogens with zero attached hydrogens (tertiary/aromatic N) is 1. The Kier molecular flexibility index (Phi) is 9.18. The average Bonchev–Trinajstić information content (AvgIpc) is 3.51. The Balaban J connectivity index is 1.40. The second kappa shape index (κ2) is 12.9. The summed E-state index contributed by atoms with van der Waals surface area (Å²) >= 11 is 0. The Morgan fingerprint density at radius 3 is 2.51 bits per heavy atom. The fourth-order valence-corrected chi connectivity index (χ4v) is 6.25. The van der Waals surface area contributed by atoms with Gasteiger partial charge >= 0.3 is 12.1 Å². The molecule has 3 aliphatic rings. The summed E-state index contributed by atoms with van der Waals surface area (Å²) in [6.07, 6.45) is 6.76. The van der Waals surface area contributed by atoms with E-state index in [1.165, 1.54) is 4.90 Å². The number of nitrogens with one attached hydrogen (secondary N) is 3. The van der Waals surface area contributed by atoms with Crippen molar-refractivity contribution in [2.24, 2.45) is 5.92 Å². The maximum absolute atomic E-state index is 14.1. The molecule has 0 spiro atoms. The lowest BCUT2D eigenvalue weighted by atomic mass is 10.0. The van der Waals surface area contributed by atoms with E-state index in [1.807, 2.05) is 42.5 Å². The molecular weight excluding hydrogens is 576 g/mol. The zero-order valence-corrected chi connectivity index (χ0v) is 26.0. The minimum absolute atomic E-state index is 0.0200. The zero-order valence-electron chi connectivity index (χ0n) is 26.0. The number of carboxylic acids is 1.